The van der Waals surface area contributed by atoms with Gasteiger partial charge in [-0.05, 0) is 65.8 Å². The summed E-state index contributed by atoms with van der Waals surface area (Å²) in [5.74, 6) is 0. The van der Waals surface area contributed by atoms with Gasteiger partial charge in [-0.3, -0.25) is 4.98 Å². The minimum absolute atomic E-state index is 0.00478. The molecule has 1 saturated heterocycles. The highest BCUT2D eigenvalue weighted by atomic mass is 28.3. The molecule has 4 aromatic rings. The Kier molecular flexibility index (Phi) is 6.50. The Morgan fingerprint density at radius 3 is 1.97 bits per heavy atom. The molecule has 3 nitrogen and oxygen atoms in total. The van der Waals surface area contributed by atoms with Gasteiger partial charge in [0.1, 0.15) is 0 Å². The lowest BCUT2D eigenvalue weighted by Crippen LogP contribution is -2.39. The molecule has 0 aliphatic carbocycles. The fourth-order valence-electron chi connectivity index (χ4n) is 4.70. The Bertz CT molecular complexity index is 1370. The molecule has 5 heteroatoms. The van der Waals surface area contributed by atoms with Crippen LogP contribution in [-0.4, -0.2) is 31.9 Å². The Labute approximate surface area is 216 Å². The molecule has 1 unspecified atom stereocenters. The summed E-state index contributed by atoms with van der Waals surface area (Å²) in [7, 11) is -2.02. The van der Waals surface area contributed by atoms with Crippen LogP contribution >= 0.6 is 0 Å². The summed E-state index contributed by atoms with van der Waals surface area (Å²) in [5.41, 5.74) is 7.49. The fraction of sp³-hybridized carbons (Fsp3) is 0.258. The first-order chi connectivity index (χ1) is 17.1. The van der Waals surface area contributed by atoms with Crippen LogP contribution in [-0.2, 0) is 9.31 Å². The zero-order valence-electron chi connectivity index (χ0n) is 22.1. The molecule has 0 amide bonds. The Morgan fingerprint density at radius 1 is 0.778 bits per heavy atom. The van der Waals surface area contributed by atoms with Gasteiger partial charge in [0.2, 0.25) is 0 Å². The molecule has 5 rings (SSSR count). The van der Waals surface area contributed by atoms with Crippen LogP contribution in [0.15, 0.2) is 91.1 Å². The number of hydrogen-bond acceptors (Lipinski definition) is 3. The van der Waals surface area contributed by atoms with Crippen molar-refractivity contribution in [2.75, 3.05) is 0 Å². The van der Waals surface area contributed by atoms with Crippen molar-refractivity contribution < 1.29 is 9.31 Å². The summed E-state index contributed by atoms with van der Waals surface area (Å²) in [4.78, 5) is 5.00. The monoisotopic (exact) mass is 491 g/mol. The Hall–Kier alpha value is -2.99. The third kappa shape index (κ3) is 4.96. The molecule has 36 heavy (non-hydrogen) atoms. The maximum absolute atomic E-state index is 6.35. The van der Waals surface area contributed by atoms with E-state index in [9.17, 15) is 0 Å². The van der Waals surface area contributed by atoms with E-state index in [-0.39, 0.29) is 11.7 Å². The summed E-state index contributed by atoms with van der Waals surface area (Å²) in [6.45, 7) is 13.4. The van der Waals surface area contributed by atoms with E-state index in [1.807, 2.05) is 6.07 Å². The van der Waals surface area contributed by atoms with Crippen LogP contribution < -0.4 is 10.6 Å². The number of rotatable bonds is 5. The summed E-state index contributed by atoms with van der Waals surface area (Å²) in [6.07, 6.45) is 2.11. The van der Waals surface area contributed by atoms with E-state index < -0.39 is 15.2 Å². The van der Waals surface area contributed by atoms with Crippen molar-refractivity contribution in [3.63, 3.8) is 0 Å². The zero-order chi connectivity index (χ0) is 25.5. The average Bonchev–Trinajstić information content (AvgIpc) is 3.16. The van der Waals surface area contributed by atoms with Gasteiger partial charge < -0.3 is 9.31 Å². The standard InChI is InChI=1S/C31H34BNO2Si/c1-22-31(2,3)35-32(34-22)27-18-25(23-13-9-7-10-14-23)17-26(19-27)29-20-28(24-15-11-8-12-16-24)30(21-33-29)36(4,5)6/h7-22H,1-6H3. The Morgan fingerprint density at radius 2 is 1.39 bits per heavy atom. The van der Waals surface area contributed by atoms with E-state index in [2.05, 4.69) is 125 Å². The predicted octanol–water partition coefficient (Wildman–Crippen LogP) is 6.54. The summed E-state index contributed by atoms with van der Waals surface area (Å²) in [5, 5.41) is 1.37. The van der Waals surface area contributed by atoms with Crippen LogP contribution in [0, 0.1) is 0 Å². The third-order valence-electron chi connectivity index (χ3n) is 7.14. The van der Waals surface area contributed by atoms with Gasteiger partial charge in [0.05, 0.1) is 25.5 Å². The van der Waals surface area contributed by atoms with Crippen LogP contribution in [0.5, 0.6) is 0 Å². The van der Waals surface area contributed by atoms with E-state index in [4.69, 9.17) is 14.3 Å². The number of benzene rings is 3. The quantitative estimate of drug-likeness (QED) is 0.297. The molecule has 3 aromatic carbocycles. The lowest BCUT2D eigenvalue weighted by atomic mass is 9.76. The van der Waals surface area contributed by atoms with Gasteiger partial charge in [0.15, 0.2) is 0 Å². The average molecular weight is 492 g/mol. The molecule has 1 aliphatic heterocycles. The molecule has 1 atom stereocenters. The minimum Gasteiger partial charge on any atom is -0.402 e. The maximum Gasteiger partial charge on any atom is 0.494 e. The van der Waals surface area contributed by atoms with E-state index >= 15 is 0 Å². The van der Waals surface area contributed by atoms with Gasteiger partial charge in [-0.25, -0.2) is 0 Å². The molecule has 0 bridgehead atoms. The first kappa shape index (κ1) is 24.7. The van der Waals surface area contributed by atoms with E-state index in [0.717, 1.165) is 27.8 Å². The Balaban J connectivity index is 1.67. The second-order valence-corrected chi connectivity index (χ2v) is 16.3. The minimum atomic E-state index is -1.61. The van der Waals surface area contributed by atoms with E-state index in [1.165, 1.54) is 16.3 Å². The van der Waals surface area contributed by atoms with Gasteiger partial charge in [-0.15, -0.1) is 0 Å². The second-order valence-electron chi connectivity index (χ2n) is 11.3. The second kappa shape index (κ2) is 9.47. The highest BCUT2D eigenvalue weighted by Gasteiger charge is 2.44. The van der Waals surface area contributed by atoms with Crippen molar-refractivity contribution in [3.05, 3.63) is 91.1 Å². The molecule has 0 spiro atoms. The normalized spacial score (nSPS) is 17.4. The molecule has 1 aliphatic rings. The molecule has 0 N–H and O–H groups in total. The SMILES string of the molecule is CC1OB(c2cc(-c3ccccc3)cc(-c3cc(-c4ccccc4)c([Si](C)(C)C)cn3)c2)OC1(C)C. The molecule has 1 aromatic heterocycles. The molecule has 0 radical (unpaired) electrons. The molecule has 1 fully saturated rings. The lowest BCUT2D eigenvalue weighted by molar-refractivity contribution is 0.0842. The van der Waals surface area contributed by atoms with Gasteiger partial charge in [0.25, 0.3) is 0 Å². The predicted molar refractivity (Wildman–Crippen MR) is 155 cm³/mol. The first-order valence-corrected chi connectivity index (χ1v) is 16.2. The highest BCUT2D eigenvalue weighted by molar-refractivity contribution is 6.89. The fourth-order valence-corrected chi connectivity index (χ4v) is 6.17. The number of nitrogens with zero attached hydrogens (tertiary/aromatic N) is 1. The lowest BCUT2D eigenvalue weighted by Gasteiger charge is -2.22. The molecule has 2 heterocycles. The van der Waals surface area contributed by atoms with Crippen molar-refractivity contribution in [2.24, 2.45) is 0 Å². The van der Waals surface area contributed by atoms with Crippen LogP contribution in [0.25, 0.3) is 33.5 Å². The van der Waals surface area contributed by atoms with Crippen LogP contribution in [0.1, 0.15) is 20.8 Å². The highest BCUT2D eigenvalue weighted by Crippen LogP contribution is 2.31. The number of aromatic nitrogens is 1. The van der Waals surface area contributed by atoms with Crippen molar-refractivity contribution in [1.29, 1.82) is 0 Å². The topological polar surface area (TPSA) is 31.4 Å². The molecule has 182 valence electrons. The van der Waals surface area contributed by atoms with Crippen LogP contribution in [0.2, 0.25) is 19.6 Å². The summed E-state index contributed by atoms with van der Waals surface area (Å²) in [6, 6.07) is 30.0. The molecular formula is C31H34BNO2Si. The van der Waals surface area contributed by atoms with Gasteiger partial charge >= 0.3 is 7.12 Å². The zero-order valence-corrected chi connectivity index (χ0v) is 23.1. The van der Waals surface area contributed by atoms with E-state index in [0.29, 0.717) is 0 Å². The summed E-state index contributed by atoms with van der Waals surface area (Å²) < 4.78 is 12.6. The smallest absolute Gasteiger partial charge is 0.402 e. The van der Waals surface area contributed by atoms with Crippen molar-refractivity contribution >= 4 is 25.8 Å². The van der Waals surface area contributed by atoms with Crippen LogP contribution in [0.3, 0.4) is 0 Å². The first-order valence-electron chi connectivity index (χ1n) is 12.7. The number of pyridine rings is 1. The van der Waals surface area contributed by atoms with E-state index in [1.54, 1.807) is 0 Å². The van der Waals surface area contributed by atoms with Gasteiger partial charge in [0, 0.05) is 11.8 Å². The summed E-state index contributed by atoms with van der Waals surface area (Å²) >= 11 is 0. The van der Waals surface area contributed by atoms with Crippen molar-refractivity contribution in [2.45, 2.75) is 52.1 Å². The maximum atomic E-state index is 6.35. The largest absolute Gasteiger partial charge is 0.494 e. The van der Waals surface area contributed by atoms with Crippen molar-refractivity contribution in [3.8, 4) is 33.5 Å². The van der Waals surface area contributed by atoms with Gasteiger partial charge in [-0.2, -0.15) is 0 Å². The molecular weight excluding hydrogens is 457 g/mol. The van der Waals surface area contributed by atoms with Crippen molar-refractivity contribution in [1.82, 2.24) is 4.98 Å². The van der Waals surface area contributed by atoms with Crippen LogP contribution in [0.4, 0.5) is 0 Å². The number of hydrogen-bond donors (Lipinski definition) is 0. The third-order valence-corrected chi connectivity index (χ3v) is 9.16. The van der Waals surface area contributed by atoms with Gasteiger partial charge in [-0.1, -0.05) is 92.4 Å². The molecule has 0 saturated carbocycles.